The van der Waals surface area contributed by atoms with Gasteiger partial charge in [0, 0.05) is 11.8 Å². The Morgan fingerprint density at radius 2 is 2.00 bits per heavy atom. The minimum Gasteiger partial charge on any atom is -0.389 e. The summed E-state index contributed by atoms with van der Waals surface area (Å²) in [5.74, 6) is 1.36. The lowest BCUT2D eigenvalue weighted by Crippen LogP contribution is -2.60. The van der Waals surface area contributed by atoms with E-state index in [1.807, 2.05) is 6.92 Å². The van der Waals surface area contributed by atoms with E-state index in [2.05, 4.69) is 13.5 Å². The van der Waals surface area contributed by atoms with Crippen molar-refractivity contribution in [2.24, 2.45) is 40.4 Å². The second kappa shape index (κ2) is 2.84. The van der Waals surface area contributed by atoms with Gasteiger partial charge in [-0.3, -0.25) is 4.79 Å². The van der Waals surface area contributed by atoms with Crippen molar-refractivity contribution in [3.05, 3.63) is 12.7 Å². The maximum Gasteiger partial charge on any atom is 0.145 e. The Labute approximate surface area is 113 Å². The Bertz CT molecular complexity index is 510. The van der Waals surface area contributed by atoms with Gasteiger partial charge in [0.1, 0.15) is 5.78 Å². The largest absolute Gasteiger partial charge is 0.389 e. The van der Waals surface area contributed by atoms with E-state index in [1.165, 1.54) is 6.08 Å². The molecule has 0 spiro atoms. The topological polar surface area (TPSA) is 57.5 Å². The van der Waals surface area contributed by atoms with Crippen molar-refractivity contribution < 1.29 is 15.0 Å². The normalized spacial score (nSPS) is 66.2. The monoisotopic (exact) mass is 262 g/mol. The number of aliphatic hydroxyl groups is 2. The zero-order valence-corrected chi connectivity index (χ0v) is 11.8. The standard InChI is InChI=1S/C16H22O3/c1-5-9(17)12-14(2)10-7-6-8(7)11(14)15(3,13(10)18)16(12,4)19/h5,7-12,17,19H,1,6H2,2-4H3/t7?,8?,9?,10?,11?,12-,14?,15?,16-/m1/s1. The fraction of sp³-hybridized carbons (Fsp3) is 0.812. The Hall–Kier alpha value is -0.670. The first-order chi connectivity index (χ1) is 8.74. The van der Waals surface area contributed by atoms with Crippen molar-refractivity contribution in [2.75, 3.05) is 0 Å². The van der Waals surface area contributed by atoms with Crippen LogP contribution in [0.5, 0.6) is 0 Å². The summed E-state index contributed by atoms with van der Waals surface area (Å²) < 4.78 is 0. The van der Waals surface area contributed by atoms with Crippen LogP contribution >= 0.6 is 0 Å². The molecule has 0 amide bonds. The second-order valence-electron chi connectivity index (χ2n) is 7.80. The smallest absolute Gasteiger partial charge is 0.145 e. The molecular formula is C16H22O3. The molecule has 9 atom stereocenters. The molecule has 104 valence electrons. The van der Waals surface area contributed by atoms with Crippen LogP contribution in [-0.4, -0.2) is 27.7 Å². The molecule has 3 nitrogen and oxygen atoms in total. The summed E-state index contributed by atoms with van der Waals surface area (Å²) in [6, 6.07) is 0. The zero-order chi connectivity index (χ0) is 14.0. The fourth-order valence-corrected chi connectivity index (χ4v) is 6.84. The number of hydrogen-bond acceptors (Lipinski definition) is 3. The van der Waals surface area contributed by atoms with Crippen LogP contribution in [0.1, 0.15) is 27.2 Å². The Balaban J connectivity index is 1.95. The third-order valence-electron chi connectivity index (χ3n) is 7.41. The molecule has 3 heteroatoms. The zero-order valence-electron chi connectivity index (χ0n) is 11.8. The van der Waals surface area contributed by atoms with Gasteiger partial charge in [-0.2, -0.15) is 0 Å². The molecule has 0 heterocycles. The summed E-state index contributed by atoms with van der Waals surface area (Å²) >= 11 is 0. The SMILES string of the molecule is C=CC(O)[C@@H]1C2(C)C3C(=O)C(C)(C2C2CC23)[C@]1(C)O. The minimum atomic E-state index is -1.14. The molecule has 4 rings (SSSR count). The van der Waals surface area contributed by atoms with Gasteiger partial charge in [0.25, 0.3) is 0 Å². The van der Waals surface area contributed by atoms with E-state index in [-0.39, 0.29) is 29.0 Å². The van der Waals surface area contributed by atoms with E-state index in [9.17, 15) is 15.0 Å². The van der Waals surface area contributed by atoms with Gasteiger partial charge in [0.15, 0.2) is 0 Å². The predicted octanol–water partition coefficient (Wildman–Crippen LogP) is 1.39. The second-order valence-corrected chi connectivity index (χ2v) is 7.80. The maximum atomic E-state index is 12.8. The third-order valence-corrected chi connectivity index (χ3v) is 7.41. The number of ketones is 1. The van der Waals surface area contributed by atoms with Gasteiger partial charge < -0.3 is 10.2 Å². The van der Waals surface area contributed by atoms with E-state index < -0.39 is 17.1 Å². The molecule has 2 N–H and O–H groups in total. The van der Waals surface area contributed by atoms with Crippen LogP contribution in [0.2, 0.25) is 0 Å². The molecule has 0 aliphatic heterocycles. The van der Waals surface area contributed by atoms with E-state index in [1.54, 1.807) is 6.92 Å². The highest BCUT2D eigenvalue weighted by Gasteiger charge is 2.89. The predicted molar refractivity (Wildman–Crippen MR) is 70.1 cm³/mol. The molecule has 4 saturated carbocycles. The van der Waals surface area contributed by atoms with Gasteiger partial charge in [-0.25, -0.2) is 0 Å². The summed E-state index contributed by atoms with van der Waals surface area (Å²) in [5, 5.41) is 21.4. The van der Waals surface area contributed by atoms with Crippen LogP contribution in [0.3, 0.4) is 0 Å². The van der Waals surface area contributed by atoms with Gasteiger partial charge in [-0.15, -0.1) is 6.58 Å². The molecule has 4 aliphatic rings. The molecule has 0 saturated heterocycles. The van der Waals surface area contributed by atoms with Crippen molar-refractivity contribution in [3.63, 3.8) is 0 Å². The highest BCUT2D eigenvalue weighted by molar-refractivity contribution is 5.96. The van der Waals surface area contributed by atoms with Crippen molar-refractivity contribution >= 4 is 5.78 Å². The molecule has 4 fully saturated rings. The summed E-state index contributed by atoms with van der Waals surface area (Å²) in [6.45, 7) is 9.49. The van der Waals surface area contributed by atoms with Gasteiger partial charge in [0.05, 0.1) is 17.1 Å². The minimum absolute atomic E-state index is 0.0484. The van der Waals surface area contributed by atoms with E-state index in [0.717, 1.165) is 6.42 Å². The number of aliphatic hydroxyl groups excluding tert-OH is 1. The van der Waals surface area contributed by atoms with E-state index in [0.29, 0.717) is 11.8 Å². The van der Waals surface area contributed by atoms with E-state index in [4.69, 9.17) is 0 Å². The summed E-state index contributed by atoms with van der Waals surface area (Å²) in [7, 11) is 0. The number of carbonyl (C=O) groups excluding carboxylic acids is 1. The van der Waals surface area contributed by atoms with Gasteiger partial charge in [0.2, 0.25) is 0 Å². The van der Waals surface area contributed by atoms with Crippen molar-refractivity contribution in [2.45, 2.75) is 38.9 Å². The molecule has 0 aromatic heterocycles. The lowest BCUT2D eigenvalue weighted by Gasteiger charge is -2.49. The Kier molecular flexibility index (Phi) is 1.81. The molecule has 7 unspecified atom stereocenters. The summed E-state index contributed by atoms with van der Waals surface area (Å²) in [5.41, 5.74) is -2.07. The average molecular weight is 262 g/mol. The van der Waals surface area contributed by atoms with Crippen LogP contribution in [0.25, 0.3) is 0 Å². The first-order valence-electron chi connectivity index (χ1n) is 7.31. The quantitative estimate of drug-likeness (QED) is 0.739. The molecular weight excluding hydrogens is 240 g/mol. The van der Waals surface area contributed by atoms with Gasteiger partial charge in [-0.05, 0) is 43.4 Å². The van der Waals surface area contributed by atoms with Crippen LogP contribution in [0.4, 0.5) is 0 Å². The molecule has 4 bridgehead atoms. The molecule has 0 aromatic rings. The molecule has 0 radical (unpaired) electrons. The van der Waals surface area contributed by atoms with Crippen molar-refractivity contribution in [1.29, 1.82) is 0 Å². The van der Waals surface area contributed by atoms with Crippen molar-refractivity contribution in [1.82, 2.24) is 0 Å². The number of carbonyl (C=O) groups is 1. The van der Waals surface area contributed by atoms with Crippen LogP contribution in [0, 0.1) is 40.4 Å². The van der Waals surface area contributed by atoms with Crippen LogP contribution < -0.4 is 0 Å². The molecule has 0 aromatic carbocycles. The number of Topliss-reactive ketones (excluding diaryl/α,β-unsaturated/α-hetero) is 1. The third kappa shape index (κ3) is 0.872. The fourth-order valence-electron chi connectivity index (χ4n) is 6.84. The Morgan fingerprint density at radius 1 is 1.37 bits per heavy atom. The number of rotatable bonds is 2. The summed E-state index contributed by atoms with van der Waals surface area (Å²) in [6.07, 6.45) is 1.92. The lowest BCUT2D eigenvalue weighted by molar-refractivity contribution is -0.171. The lowest BCUT2D eigenvalue weighted by atomic mass is 9.57. The Morgan fingerprint density at radius 3 is 2.58 bits per heavy atom. The first-order valence-corrected chi connectivity index (χ1v) is 7.31. The molecule has 19 heavy (non-hydrogen) atoms. The highest BCUT2D eigenvalue weighted by atomic mass is 16.3. The van der Waals surface area contributed by atoms with E-state index >= 15 is 0 Å². The van der Waals surface area contributed by atoms with Gasteiger partial charge in [-0.1, -0.05) is 13.0 Å². The first kappa shape index (κ1) is 12.1. The van der Waals surface area contributed by atoms with Crippen molar-refractivity contribution in [3.8, 4) is 0 Å². The highest BCUT2D eigenvalue weighted by Crippen LogP contribution is 2.86. The van der Waals surface area contributed by atoms with Crippen LogP contribution in [-0.2, 0) is 4.79 Å². The van der Waals surface area contributed by atoms with Gasteiger partial charge >= 0.3 is 0 Å². The molecule has 4 aliphatic carbocycles. The average Bonchev–Trinajstić information content (AvgIpc) is 2.95. The summed E-state index contributed by atoms with van der Waals surface area (Å²) in [4.78, 5) is 12.8. The maximum absolute atomic E-state index is 12.8. The number of hydrogen-bond donors (Lipinski definition) is 2. The van der Waals surface area contributed by atoms with Crippen LogP contribution in [0.15, 0.2) is 12.7 Å². The number of fused-ring (bicyclic) bond motifs is 2.